The molecule has 0 N–H and O–H groups in total. The maximum absolute atomic E-state index is 13.6. The monoisotopic (exact) mass is 641 g/mol. The first-order chi connectivity index (χ1) is 18.4. The molecule has 1 aliphatic carbocycles. The van der Waals surface area contributed by atoms with Crippen LogP contribution in [0.2, 0.25) is 0 Å². The van der Waals surface area contributed by atoms with Crippen LogP contribution in [-0.2, 0) is 6.61 Å². The summed E-state index contributed by atoms with van der Waals surface area (Å²) >= 11 is 7.02. The van der Waals surface area contributed by atoms with Gasteiger partial charge < -0.3 is 9.47 Å². The van der Waals surface area contributed by atoms with E-state index in [1.165, 1.54) is 23.2 Å². The third kappa shape index (κ3) is 5.83. The normalized spacial score (nSPS) is 14.3. The molecule has 6 nitrogen and oxygen atoms in total. The van der Waals surface area contributed by atoms with Crippen molar-refractivity contribution in [3.63, 3.8) is 0 Å². The molecule has 1 saturated carbocycles. The Morgan fingerprint density at radius 2 is 1.92 bits per heavy atom. The number of hydrogen-bond acceptors (Lipinski definition) is 5. The van der Waals surface area contributed by atoms with Gasteiger partial charge in [0, 0.05) is 10.4 Å². The van der Waals surface area contributed by atoms with Crippen molar-refractivity contribution in [3.8, 4) is 11.5 Å². The number of aromatic nitrogens is 2. The molecule has 0 amide bonds. The first kappa shape index (κ1) is 26.6. The summed E-state index contributed by atoms with van der Waals surface area (Å²) in [7, 11) is 1.55. The van der Waals surface area contributed by atoms with Crippen molar-refractivity contribution in [2.45, 2.75) is 44.6 Å². The molecule has 38 heavy (non-hydrogen) atoms. The summed E-state index contributed by atoms with van der Waals surface area (Å²) in [5, 5.41) is 5.13. The highest BCUT2D eigenvalue weighted by atomic mass is 79.9. The predicted molar refractivity (Wildman–Crippen MR) is 154 cm³/mol. The number of halogens is 3. The van der Waals surface area contributed by atoms with Gasteiger partial charge in [-0.15, -0.1) is 0 Å². The fraction of sp³-hybridized carbons (Fsp3) is 0.276. The Morgan fingerprint density at radius 1 is 1.11 bits per heavy atom. The number of methoxy groups -OCH3 is 1. The third-order valence-corrected chi connectivity index (χ3v) is 7.73. The van der Waals surface area contributed by atoms with Gasteiger partial charge in [0.2, 0.25) is 0 Å². The van der Waals surface area contributed by atoms with Gasteiger partial charge in [-0.2, -0.15) is 9.78 Å². The molecular formula is C29H26Br2FN3O3. The number of fused-ring (bicyclic) bond motifs is 1. The highest BCUT2D eigenvalue weighted by Crippen LogP contribution is 2.37. The summed E-state index contributed by atoms with van der Waals surface area (Å²) in [4.78, 5) is 18.4. The summed E-state index contributed by atoms with van der Waals surface area (Å²) < 4.78 is 28.0. The second kappa shape index (κ2) is 11.8. The SMILES string of the molecule is COc1cc(C=Nn2c(C3CCCCC3)nc3ccc(Br)cc3c2=O)cc(Br)c1OCc1cccc(F)c1. The van der Waals surface area contributed by atoms with Crippen LogP contribution in [0.5, 0.6) is 11.5 Å². The van der Waals surface area contributed by atoms with Crippen LogP contribution in [0.4, 0.5) is 4.39 Å². The van der Waals surface area contributed by atoms with Gasteiger partial charge in [0.15, 0.2) is 11.5 Å². The summed E-state index contributed by atoms with van der Waals surface area (Å²) in [6.45, 7) is 0.179. The van der Waals surface area contributed by atoms with Gasteiger partial charge in [-0.25, -0.2) is 9.37 Å². The van der Waals surface area contributed by atoms with Crippen molar-refractivity contribution < 1.29 is 13.9 Å². The highest BCUT2D eigenvalue weighted by molar-refractivity contribution is 9.10. The van der Waals surface area contributed by atoms with E-state index in [1.54, 1.807) is 37.6 Å². The zero-order chi connectivity index (χ0) is 26.6. The van der Waals surface area contributed by atoms with Crippen LogP contribution in [0.25, 0.3) is 10.9 Å². The van der Waals surface area contributed by atoms with Crippen LogP contribution < -0.4 is 15.0 Å². The first-order valence-corrected chi connectivity index (χ1v) is 14.0. The van der Waals surface area contributed by atoms with Crippen molar-refractivity contribution in [1.29, 1.82) is 0 Å². The molecule has 0 spiro atoms. The molecule has 0 bridgehead atoms. The van der Waals surface area contributed by atoms with E-state index in [2.05, 4.69) is 37.0 Å². The number of rotatable bonds is 7. The van der Waals surface area contributed by atoms with Crippen molar-refractivity contribution in [2.24, 2.45) is 5.10 Å². The molecule has 0 radical (unpaired) electrons. The van der Waals surface area contributed by atoms with Crippen LogP contribution in [0.3, 0.4) is 0 Å². The minimum atomic E-state index is -0.318. The predicted octanol–water partition coefficient (Wildman–Crippen LogP) is 7.58. The van der Waals surface area contributed by atoms with Gasteiger partial charge in [-0.05, 0) is 82.4 Å². The Morgan fingerprint density at radius 3 is 2.68 bits per heavy atom. The topological polar surface area (TPSA) is 65.7 Å². The standard InChI is InChI=1S/C29H26Br2FN3O3/c1-37-26-14-19(13-24(31)27(26)38-17-18-6-5-9-22(32)12-18)16-33-35-28(20-7-3-2-4-8-20)34-25-11-10-21(30)15-23(25)29(35)36/h5-6,9-16,20H,2-4,7-8,17H2,1H3. The lowest BCUT2D eigenvalue weighted by atomic mass is 9.88. The zero-order valence-corrected chi connectivity index (χ0v) is 24.0. The van der Waals surface area contributed by atoms with E-state index < -0.39 is 0 Å². The van der Waals surface area contributed by atoms with Crippen LogP contribution in [0, 0.1) is 5.82 Å². The molecule has 9 heteroatoms. The zero-order valence-electron chi connectivity index (χ0n) is 20.8. The largest absolute Gasteiger partial charge is 0.493 e. The Balaban J connectivity index is 1.49. The van der Waals surface area contributed by atoms with Crippen LogP contribution in [0.15, 0.2) is 73.4 Å². The Bertz CT molecular complexity index is 1570. The van der Waals surface area contributed by atoms with Crippen molar-refractivity contribution in [3.05, 3.63) is 96.7 Å². The number of ether oxygens (including phenoxy) is 2. The van der Waals surface area contributed by atoms with Crippen LogP contribution in [0.1, 0.15) is 55.0 Å². The fourth-order valence-corrected chi connectivity index (χ4v) is 5.70. The van der Waals surface area contributed by atoms with Gasteiger partial charge in [0.25, 0.3) is 5.56 Å². The van der Waals surface area contributed by atoms with E-state index in [1.807, 2.05) is 18.2 Å². The van der Waals surface area contributed by atoms with Crippen molar-refractivity contribution in [2.75, 3.05) is 7.11 Å². The number of hydrogen-bond donors (Lipinski definition) is 0. The van der Waals surface area contributed by atoms with E-state index in [4.69, 9.17) is 14.5 Å². The smallest absolute Gasteiger partial charge is 0.282 e. The molecule has 5 rings (SSSR count). The lowest BCUT2D eigenvalue weighted by Gasteiger charge is -2.22. The van der Waals surface area contributed by atoms with E-state index in [0.29, 0.717) is 43.8 Å². The maximum atomic E-state index is 13.6. The minimum Gasteiger partial charge on any atom is -0.493 e. The molecule has 1 aromatic heterocycles. The van der Waals surface area contributed by atoms with Gasteiger partial charge in [0.05, 0.1) is 28.7 Å². The molecule has 0 saturated heterocycles. The van der Waals surface area contributed by atoms with E-state index in [-0.39, 0.29) is 23.9 Å². The lowest BCUT2D eigenvalue weighted by molar-refractivity contribution is 0.282. The molecule has 0 unspecified atom stereocenters. The van der Waals surface area contributed by atoms with Gasteiger partial charge in [0.1, 0.15) is 18.2 Å². The highest BCUT2D eigenvalue weighted by Gasteiger charge is 2.22. The van der Waals surface area contributed by atoms with Crippen molar-refractivity contribution >= 4 is 49.0 Å². The third-order valence-electron chi connectivity index (χ3n) is 6.65. The second-order valence-electron chi connectivity index (χ2n) is 9.28. The molecule has 4 aromatic rings. The minimum absolute atomic E-state index is 0.179. The fourth-order valence-electron chi connectivity index (χ4n) is 4.76. The number of benzene rings is 3. The summed E-state index contributed by atoms with van der Waals surface area (Å²) in [6, 6.07) is 15.4. The Labute approximate surface area is 236 Å². The van der Waals surface area contributed by atoms with E-state index in [0.717, 1.165) is 30.2 Å². The summed E-state index contributed by atoms with van der Waals surface area (Å²) in [6.07, 6.45) is 7.03. The second-order valence-corrected chi connectivity index (χ2v) is 11.1. The van der Waals surface area contributed by atoms with Gasteiger partial charge >= 0.3 is 0 Å². The maximum Gasteiger partial charge on any atom is 0.282 e. The molecule has 0 aliphatic heterocycles. The van der Waals surface area contributed by atoms with E-state index >= 15 is 0 Å². The molecular weight excluding hydrogens is 617 g/mol. The van der Waals surface area contributed by atoms with Gasteiger partial charge in [-0.1, -0.05) is 47.3 Å². The van der Waals surface area contributed by atoms with E-state index in [9.17, 15) is 9.18 Å². The van der Waals surface area contributed by atoms with Crippen LogP contribution >= 0.6 is 31.9 Å². The molecule has 1 aliphatic rings. The molecule has 3 aromatic carbocycles. The first-order valence-electron chi connectivity index (χ1n) is 12.4. The average molecular weight is 643 g/mol. The lowest BCUT2D eigenvalue weighted by Crippen LogP contribution is -2.25. The van der Waals surface area contributed by atoms with Crippen molar-refractivity contribution in [1.82, 2.24) is 9.66 Å². The van der Waals surface area contributed by atoms with Gasteiger partial charge in [-0.3, -0.25) is 4.79 Å². The Hall–Kier alpha value is -3.04. The Kier molecular flexibility index (Phi) is 8.24. The molecule has 0 atom stereocenters. The molecule has 1 heterocycles. The summed E-state index contributed by atoms with van der Waals surface area (Å²) in [5.74, 6) is 1.54. The number of nitrogens with zero attached hydrogens (tertiary/aromatic N) is 3. The average Bonchev–Trinajstić information content (AvgIpc) is 2.92. The molecule has 1 fully saturated rings. The summed E-state index contributed by atoms with van der Waals surface area (Å²) in [5.41, 5.74) is 1.89. The quantitative estimate of drug-likeness (QED) is 0.195. The molecule has 196 valence electrons. The van der Waals surface area contributed by atoms with Crippen LogP contribution in [-0.4, -0.2) is 23.0 Å².